The van der Waals surface area contributed by atoms with Gasteiger partial charge in [-0.2, -0.15) is 4.79 Å². The van der Waals surface area contributed by atoms with Crippen molar-refractivity contribution in [1.29, 1.82) is 0 Å². The van der Waals surface area contributed by atoms with Crippen LogP contribution in [0.5, 0.6) is 0 Å². The lowest BCUT2D eigenvalue weighted by atomic mass is 9.74. The molecule has 1 rings (SSSR count). The minimum atomic E-state index is -0.510. The van der Waals surface area contributed by atoms with Crippen molar-refractivity contribution in [1.82, 2.24) is 5.10 Å². The van der Waals surface area contributed by atoms with Gasteiger partial charge in [0, 0.05) is 11.0 Å². The Morgan fingerprint density at radius 1 is 1.50 bits per heavy atom. The average Bonchev–Trinajstić information content (AvgIpc) is 2.64. The van der Waals surface area contributed by atoms with Crippen LogP contribution in [0.15, 0.2) is 10.8 Å². The Labute approximate surface area is 108 Å². The van der Waals surface area contributed by atoms with Crippen LogP contribution in [0, 0.1) is 11.3 Å². The maximum absolute atomic E-state index is 11.5. The van der Waals surface area contributed by atoms with Crippen LogP contribution in [0.3, 0.4) is 0 Å². The molecule has 0 radical (unpaired) electrons. The van der Waals surface area contributed by atoms with Crippen molar-refractivity contribution in [3.63, 3.8) is 0 Å². The van der Waals surface area contributed by atoms with Crippen molar-refractivity contribution in [2.75, 3.05) is 6.61 Å². The molecule has 102 valence electrons. The summed E-state index contributed by atoms with van der Waals surface area (Å²) in [7, 11) is 0. The Kier molecular flexibility index (Phi) is 4.48. The molecular weight excluding hydrogens is 232 g/mol. The summed E-state index contributed by atoms with van der Waals surface area (Å²) in [6.07, 6.45) is 0.790. The molecule has 5 heteroatoms. The Hall–Kier alpha value is -1.39. The molecule has 1 aromatic heterocycles. The summed E-state index contributed by atoms with van der Waals surface area (Å²) >= 11 is 0. The van der Waals surface area contributed by atoms with E-state index >= 15 is 0 Å². The summed E-state index contributed by atoms with van der Waals surface area (Å²) in [5.41, 5.74) is 0.0194. The first-order chi connectivity index (χ1) is 8.27. The predicted molar refractivity (Wildman–Crippen MR) is 66.2 cm³/mol. The summed E-state index contributed by atoms with van der Waals surface area (Å²) in [5.74, 6) is 1.10. The smallest absolute Gasteiger partial charge is 0.410 e. The normalized spacial score (nSPS) is 13.7. The van der Waals surface area contributed by atoms with Crippen LogP contribution in [0.25, 0.3) is 0 Å². The third-order valence-corrected chi connectivity index (χ3v) is 2.80. The zero-order valence-electron chi connectivity index (χ0n) is 12.1. The number of carbonyl (C=O) groups excluding carboxylic acids is 1. The monoisotopic (exact) mass is 255 g/mol. The standard InChI is InChI=1S/C13H23N2O3/c1-7-17-12(16)15-8-18-11(14-15)10(9(2)3)13(4,5)6/h8-10H,7H2,1-6H3/q+1. The van der Waals surface area contributed by atoms with Crippen LogP contribution < -0.4 is 4.68 Å². The van der Waals surface area contributed by atoms with E-state index in [2.05, 4.69) is 39.7 Å². The van der Waals surface area contributed by atoms with Gasteiger partial charge in [-0.15, -0.1) is 0 Å². The molecular formula is C13H23N2O3+. The highest BCUT2D eigenvalue weighted by atomic mass is 16.6. The van der Waals surface area contributed by atoms with Crippen molar-refractivity contribution in [2.45, 2.75) is 47.5 Å². The van der Waals surface area contributed by atoms with Crippen molar-refractivity contribution in [2.24, 2.45) is 11.3 Å². The van der Waals surface area contributed by atoms with Gasteiger partial charge in [-0.05, 0) is 18.3 Å². The molecule has 0 amide bonds. The number of carbonyl (C=O) groups is 1. The summed E-state index contributed by atoms with van der Waals surface area (Å²) < 4.78 is 11.4. The average molecular weight is 255 g/mol. The van der Waals surface area contributed by atoms with E-state index in [1.54, 1.807) is 6.92 Å². The minimum Gasteiger partial charge on any atom is -0.410 e. The van der Waals surface area contributed by atoms with E-state index in [0.29, 0.717) is 18.4 Å². The van der Waals surface area contributed by atoms with E-state index < -0.39 is 6.09 Å². The first-order valence-corrected chi connectivity index (χ1v) is 6.31. The maximum Gasteiger partial charge on any atom is 0.631 e. The topological polar surface area (TPSA) is 56.2 Å². The molecule has 1 heterocycles. The van der Waals surface area contributed by atoms with Gasteiger partial charge in [0.25, 0.3) is 5.89 Å². The summed E-state index contributed by atoms with van der Waals surface area (Å²) in [6.45, 7) is 12.7. The fourth-order valence-corrected chi connectivity index (χ4v) is 2.32. The largest absolute Gasteiger partial charge is 0.631 e. The van der Waals surface area contributed by atoms with Crippen LogP contribution in [-0.2, 0) is 4.74 Å². The lowest BCUT2D eigenvalue weighted by Crippen LogP contribution is -2.45. The zero-order chi connectivity index (χ0) is 13.9. The van der Waals surface area contributed by atoms with Crippen LogP contribution in [0.2, 0.25) is 0 Å². The molecule has 0 aliphatic heterocycles. The number of aromatic nitrogens is 2. The fourth-order valence-electron chi connectivity index (χ4n) is 2.32. The molecule has 0 saturated heterocycles. The van der Waals surface area contributed by atoms with Crippen LogP contribution in [0.4, 0.5) is 4.79 Å². The molecule has 18 heavy (non-hydrogen) atoms. The van der Waals surface area contributed by atoms with Gasteiger partial charge >= 0.3 is 12.5 Å². The van der Waals surface area contributed by atoms with Gasteiger partial charge < -0.3 is 9.15 Å². The highest BCUT2D eigenvalue weighted by molar-refractivity contribution is 5.55. The molecule has 5 nitrogen and oxygen atoms in total. The summed E-state index contributed by atoms with van der Waals surface area (Å²) in [5, 5.41) is 4.19. The number of rotatable bonds is 3. The molecule has 0 N–H and O–H groups in total. The molecule has 0 spiro atoms. The molecule has 0 saturated carbocycles. The molecule has 0 aliphatic carbocycles. The van der Waals surface area contributed by atoms with Gasteiger partial charge in [-0.3, -0.25) is 0 Å². The maximum atomic E-state index is 11.5. The van der Waals surface area contributed by atoms with E-state index in [-0.39, 0.29) is 11.3 Å². The van der Waals surface area contributed by atoms with Gasteiger partial charge in [0.15, 0.2) is 0 Å². The van der Waals surface area contributed by atoms with Gasteiger partial charge in [0.1, 0.15) is 0 Å². The molecule has 1 unspecified atom stereocenters. The quantitative estimate of drug-likeness (QED) is 0.779. The number of ether oxygens (including phenoxy) is 1. The molecule has 1 atom stereocenters. The molecule has 0 fully saturated rings. The Morgan fingerprint density at radius 3 is 2.56 bits per heavy atom. The van der Waals surface area contributed by atoms with E-state index in [9.17, 15) is 4.79 Å². The van der Waals surface area contributed by atoms with E-state index in [0.717, 1.165) is 4.68 Å². The van der Waals surface area contributed by atoms with Crippen molar-refractivity contribution in [3.8, 4) is 0 Å². The van der Waals surface area contributed by atoms with E-state index in [4.69, 9.17) is 9.15 Å². The lowest BCUT2D eigenvalue weighted by molar-refractivity contribution is -0.649. The Balaban J connectivity index is 2.99. The summed E-state index contributed by atoms with van der Waals surface area (Å²) in [4.78, 5) is 11.5. The summed E-state index contributed by atoms with van der Waals surface area (Å²) in [6, 6.07) is 0. The molecule has 0 aromatic carbocycles. The van der Waals surface area contributed by atoms with E-state index in [1.807, 2.05) is 0 Å². The number of hydrogen-bond donors (Lipinski definition) is 0. The van der Waals surface area contributed by atoms with Crippen molar-refractivity contribution in [3.05, 3.63) is 12.3 Å². The lowest BCUT2D eigenvalue weighted by Gasteiger charge is -2.29. The predicted octanol–water partition coefficient (Wildman–Crippen LogP) is 2.75. The highest BCUT2D eigenvalue weighted by Gasteiger charge is 2.36. The van der Waals surface area contributed by atoms with E-state index in [1.165, 1.54) is 6.39 Å². The molecule has 0 aliphatic rings. The Bertz CT molecular complexity index is 405. The first-order valence-electron chi connectivity index (χ1n) is 6.31. The fraction of sp³-hybridized carbons (Fsp3) is 0.769. The minimum absolute atomic E-state index is 0.0194. The highest BCUT2D eigenvalue weighted by Crippen LogP contribution is 2.39. The Morgan fingerprint density at radius 2 is 2.11 bits per heavy atom. The van der Waals surface area contributed by atoms with Gasteiger partial charge in [-0.1, -0.05) is 34.6 Å². The first kappa shape index (κ1) is 14.7. The molecule has 0 bridgehead atoms. The zero-order valence-corrected chi connectivity index (χ0v) is 12.1. The van der Waals surface area contributed by atoms with Crippen LogP contribution in [0.1, 0.15) is 53.4 Å². The number of hydrogen-bond acceptors (Lipinski definition) is 4. The SMILES string of the molecule is CCOC(=O)[n+]1coc(C(C(C)C)C(C)(C)C)n1. The van der Waals surface area contributed by atoms with Gasteiger partial charge in [-0.25, -0.2) is 0 Å². The second-order valence-corrected chi connectivity index (χ2v) is 5.79. The van der Waals surface area contributed by atoms with Gasteiger partial charge in [0.2, 0.25) is 0 Å². The van der Waals surface area contributed by atoms with Crippen molar-refractivity contribution >= 4 is 6.09 Å². The molecule has 1 aromatic rings. The number of nitrogens with zero attached hydrogens (tertiary/aromatic N) is 2. The second-order valence-electron chi connectivity index (χ2n) is 5.79. The second kappa shape index (κ2) is 5.50. The van der Waals surface area contributed by atoms with Crippen molar-refractivity contribution < 1.29 is 18.6 Å². The van der Waals surface area contributed by atoms with Crippen LogP contribution in [-0.4, -0.2) is 17.8 Å². The third-order valence-electron chi connectivity index (χ3n) is 2.80. The van der Waals surface area contributed by atoms with Gasteiger partial charge in [0.05, 0.1) is 11.3 Å². The third kappa shape index (κ3) is 3.31. The van der Waals surface area contributed by atoms with Crippen LogP contribution >= 0.6 is 0 Å².